The van der Waals surface area contributed by atoms with Crippen molar-refractivity contribution in [3.63, 3.8) is 0 Å². The Hall–Kier alpha value is -4.24. The lowest BCUT2D eigenvalue weighted by molar-refractivity contribution is -0.152. The van der Waals surface area contributed by atoms with Gasteiger partial charge in [-0.25, -0.2) is 14.8 Å². The highest BCUT2D eigenvalue weighted by Crippen LogP contribution is 2.35. The maximum atomic E-state index is 12.5. The molecule has 190 valence electrons. The minimum Gasteiger partial charge on any atom is -0.471 e. The van der Waals surface area contributed by atoms with E-state index in [1.54, 1.807) is 35.3 Å². The standard InChI is InChI=1S/C28H27N3O6/c1-18-8-10-21(11-9-18)28(33)35-16-22-14-24(36-19(2)32)27(37-22)31-17-30-25-23(31)12-13-29-26(25)34-15-20-6-4-3-5-7-20/h3-13,17,22,24,27H,14-16H2,1-2H3/t22-,24?,27+/m0/s1. The number of fused-ring (bicyclic) bond motifs is 1. The Bertz CT molecular complexity index is 1390. The van der Waals surface area contributed by atoms with Gasteiger partial charge in [-0.2, -0.15) is 0 Å². The van der Waals surface area contributed by atoms with Gasteiger partial charge in [-0.3, -0.25) is 9.36 Å². The Balaban J connectivity index is 1.31. The molecule has 2 aromatic heterocycles. The highest BCUT2D eigenvalue weighted by atomic mass is 16.6. The lowest BCUT2D eigenvalue weighted by Crippen LogP contribution is -2.24. The molecule has 0 spiro atoms. The summed E-state index contributed by atoms with van der Waals surface area (Å²) in [7, 11) is 0. The van der Waals surface area contributed by atoms with Crippen molar-refractivity contribution in [1.82, 2.24) is 14.5 Å². The molecule has 1 unspecified atom stereocenters. The molecule has 3 heterocycles. The number of pyridine rings is 1. The van der Waals surface area contributed by atoms with Gasteiger partial charge >= 0.3 is 11.9 Å². The molecule has 2 aromatic carbocycles. The fourth-order valence-corrected chi connectivity index (χ4v) is 4.30. The van der Waals surface area contributed by atoms with Crippen molar-refractivity contribution >= 4 is 23.0 Å². The van der Waals surface area contributed by atoms with Gasteiger partial charge in [-0.1, -0.05) is 48.0 Å². The van der Waals surface area contributed by atoms with E-state index in [4.69, 9.17) is 18.9 Å². The molecule has 37 heavy (non-hydrogen) atoms. The molecule has 9 nitrogen and oxygen atoms in total. The summed E-state index contributed by atoms with van der Waals surface area (Å²) in [5, 5.41) is 0. The van der Waals surface area contributed by atoms with Crippen molar-refractivity contribution in [2.45, 2.75) is 45.3 Å². The minimum atomic E-state index is -0.652. The third kappa shape index (κ3) is 5.62. The van der Waals surface area contributed by atoms with Gasteiger partial charge in [0.05, 0.1) is 23.5 Å². The average Bonchev–Trinajstić information content (AvgIpc) is 3.50. The van der Waals surface area contributed by atoms with E-state index in [9.17, 15) is 9.59 Å². The van der Waals surface area contributed by atoms with E-state index >= 15 is 0 Å². The van der Waals surface area contributed by atoms with Crippen LogP contribution in [0.25, 0.3) is 11.0 Å². The summed E-state index contributed by atoms with van der Waals surface area (Å²) in [4.78, 5) is 33.1. The largest absolute Gasteiger partial charge is 0.471 e. The summed E-state index contributed by atoms with van der Waals surface area (Å²) >= 11 is 0. The topological polar surface area (TPSA) is 102 Å². The van der Waals surface area contributed by atoms with E-state index in [0.29, 0.717) is 30.0 Å². The summed E-state index contributed by atoms with van der Waals surface area (Å²) in [6.07, 6.45) is 1.92. The second-order valence-electron chi connectivity index (χ2n) is 8.91. The highest BCUT2D eigenvalue weighted by Gasteiger charge is 2.40. The van der Waals surface area contributed by atoms with Crippen LogP contribution in [0.5, 0.6) is 5.88 Å². The van der Waals surface area contributed by atoms with Crippen LogP contribution in [0.1, 0.15) is 41.1 Å². The number of carbonyl (C=O) groups excluding carboxylic acids is 2. The fraction of sp³-hybridized carbons (Fsp3) is 0.286. The van der Waals surface area contributed by atoms with Gasteiger partial charge in [0.1, 0.15) is 19.3 Å². The number of rotatable bonds is 8. The number of aromatic nitrogens is 3. The second kappa shape index (κ2) is 10.8. The first kappa shape index (κ1) is 24.5. The molecule has 1 aliphatic heterocycles. The molecule has 0 aliphatic carbocycles. The Morgan fingerprint density at radius 1 is 1.05 bits per heavy atom. The van der Waals surface area contributed by atoms with Crippen LogP contribution in [0.15, 0.2) is 73.2 Å². The van der Waals surface area contributed by atoms with Gasteiger partial charge in [0.2, 0.25) is 5.88 Å². The molecule has 0 saturated carbocycles. The number of benzene rings is 2. The summed E-state index contributed by atoms with van der Waals surface area (Å²) in [6, 6.07) is 18.7. The Labute approximate surface area is 214 Å². The van der Waals surface area contributed by atoms with Crippen LogP contribution in [0, 0.1) is 6.92 Å². The quantitative estimate of drug-likeness (QED) is 0.328. The van der Waals surface area contributed by atoms with Gasteiger partial charge in [0.25, 0.3) is 0 Å². The van der Waals surface area contributed by atoms with Gasteiger partial charge in [-0.05, 0) is 30.7 Å². The molecule has 5 rings (SSSR count). The van der Waals surface area contributed by atoms with E-state index in [1.807, 2.05) is 49.4 Å². The zero-order valence-corrected chi connectivity index (χ0v) is 20.6. The van der Waals surface area contributed by atoms with Crippen molar-refractivity contribution in [1.29, 1.82) is 0 Å². The van der Waals surface area contributed by atoms with E-state index < -0.39 is 30.4 Å². The van der Waals surface area contributed by atoms with E-state index in [-0.39, 0.29) is 6.61 Å². The maximum Gasteiger partial charge on any atom is 0.338 e. The average molecular weight is 502 g/mol. The monoisotopic (exact) mass is 501 g/mol. The van der Waals surface area contributed by atoms with Gasteiger partial charge in [0.15, 0.2) is 11.7 Å². The molecule has 3 atom stereocenters. The van der Waals surface area contributed by atoms with Crippen molar-refractivity contribution in [3.8, 4) is 5.88 Å². The Morgan fingerprint density at radius 2 is 1.84 bits per heavy atom. The molecular weight excluding hydrogens is 474 g/mol. The number of ether oxygens (including phenoxy) is 4. The van der Waals surface area contributed by atoms with Gasteiger partial charge in [-0.15, -0.1) is 0 Å². The van der Waals surface area contributed by atoms with Crippen LogP contribution < -0.4 is 4.74 Å². The second-order valence-corrected chi connectivity index (χ2v) is 8.91. The van der Waals surface area contributed by atoms with Gasteiger partial charge < -0.3 is 18.9 Å². The van der Waals surface area contributed by atoms with Crippen molar-refractivity contribution in [3.05, 3.63) is 89.9 Å². The van der Waals surface area contributed by atoms with Crippen LogP contribution in [0.2, 0.25) is 0 Å². The zero-order chi connectivity index (χ0) is 25.8. The molecular formula is C28H27N3O6. The zero-order valence-electron chi connectivity index (χ0n) is 20.6. The van der Waals surface area contributed by atoms with E-state index in [1.165, 1.54) is 6.92 Å². The van der Waals surface area contributed by atoms with Crippen molar-refractivity contribution < 1.29 is 28.5 Å². The highest BCUT2D eigenvalue weighted by molar-refractivity contribution is 5.89. The number of carbonyl (C=O) groups is 2. The third-order valence-corrected chi connectivity index (χ3v) is 6.10. The molecule has 9 heteroatoms. The molecule has 0 amide bonds. The SMILES string of the molecule is CC(=O)OC1C[C@@H](COC(=O)c2ccc(C)cc2)O[C@H]1n1cnc2c(OCc3ccccc3)nccc21. The number of aryl methyl sites for hydroxylation is 1. The summed E-state index contributed by atoms with van der Waals surface area (Å²) < 4.78 is 25.0. The van der Waals surface area contributed by atoms with Crippen LogP contribution in [-0.4, -0.2) is 45.3 Å². The molecule has 1 saturated heterocycles. The predicted octanol–water partition coefficient (Wildman–Crippen LogP) is 4.39. The van der Waals surface area contributed by atoms with Crippen LogP contribution >= 0.6 is 0 Å². The minimum absolute atomic E-state index is 0.0284. The predicted molar refractivity (Wildman–Crippen MR) is 134 cm³/mol. The lowest BCUT2D eigenvalue weighted by atomic mass is 10.1. The van der Waals surface area contributed by atoms with Crippen LogP contribution in [0.3, 0.4) is 0 Å². The molecule has 0 radical (unpaired) electrons. The molecule has 4 aromatic rings. The third-order valence-electron chi connectivity index (χ3n) is 6.10. The summed E-state index contributed by atoms with van der Waals surface area (Å²) in [5.41, 5.74) is 3.82. The Morgan fingerprint density at radius 3 is 2.59 bits per heavy atom. The summed E-state index contributed by atoms with van der Waals surface area (Å²) in [5.74, 6) is -0.463. The van der Waals surface area contributed by atoms with Crippen molar-refractivity contribution in [2.75, 3.05) is 6.61 Å². The van der Waals surface area contributed by atoms with Crippen LogP contribution in [-0.2, 0) is 25.6 Å². The number of hydrogen-bond acceptors (Lipinski definition) is 8. The maximum absolute atomic E-state index is 12.5. The first-order valence-corrected chi connectivity index (χ1v) is 12.0. The normalized spacial score (nSPS) is 19.0. The number of imidazole rings is 1. The number of nitrogens with zero attached hydrogens (tertiary/aromatic N) is 3. The van der Waals surface area contributed by atoms with Crippen molar-refractivity contribution in [2.24, 2.45) is 0 Å². The lowest BCUT2D eigenvalue weighted by Gasteiger charge is -2.20. The number of esters is 2. The molecule has 0 bridgehead atoms. The number of hydrogen-bond donors (Lipinski definition) is 0. The molecule has 0 N–H and O–H groups in total. The Kier molecular flexibility index (Phi) is 7.14. The fourth-order valence-electron chi connectivity index (χ4n) is 4.30. The first-order chi connectivity index (χ1) is 18.0. The van der Waals surface area contributed by atoms with E-state index in [2.05, 4.69) is 9.97 Å². The van der Waals surface area contributed by atoms with Crippen LogP contribution in [0.4, 0.5) is 0 Å². The molecule has 1 aliphatic rings. The van der Waals surface area contributed by atoms with Gasteiger partial charge in [0, 0.05) is 19.5 Å². The van der Waals surface area contributed by atoms with E-state index in [0.717, 1.165) is 16.6 Å². The molecule has 1 fully saturated rings. The summed E-state index contributed by atoms with van der Waals surface area (Å²) in [6.45, 7) is 3.68. The first-order valence-electron chi connectivity index (χ1n) is 12.0. The smallest absolute Gasteiger partial charge is 0.338 e.